The molecule has 0 fully saturated rings. The number of rotatable bonds is 6. The van der Waals surface area contributed by atoms with Crippen molar-refractivity contribution >= 4 is 27.4 Å². The number of hydrogen-bond acceptors (Lipinski definition) is 4. The first kappa shape index (κ1) is 15.2. The Balaban J connectivity index is 2.63. The van der Waals surface area contributed by atoms with Crippen LogP contribution in [-0.2, 0) is 25.8 Å². The van der Waals surface area contributed by atoms with Crippen LogP contribution in [0.2, 0.25) is 0 Å². The summed E-state index contributed by atoms with van der Waals surface area (Å²) in [6, 6.07) is 6.21. The van der Waals surface area contributed by atoms with Crippen LogP contribution in [0.25, 0.3) is 0 Å². The fraction of sp³-hybridized carbons (Fsp3) is 0.333. The summed E-state index contributed by atoms with van der Waals surface area (Å²) >= 11 is 0. The second-order valence-corrected chi connectivity index (χ2v) is 6.35. The molecule has 1 rings (SSSR count). The summed E-state index contributed by atoms with van der Waals surface area (Å²) in [7, 11) is -3.35. The first-order chi connectivity index (χ1) is 8.82. The van der Waals surface area contributed by atoms with E-state index in [0.29, 0.717) is 11.3 Å². The highest BCUT2D eigenvalue weighted by molar-refractivity contribution is 7.92. The minimum absolute atomic E-state index is 0.0853. The average molecular weight is 285 g/mol. The molecule has 0 aromatic heterocycles. The van der Waals surface area contributed by atoms with E-state index >= 15 is 0 Å². The minimum atomic E-state index is -3.35. The Hall–Kier alpha value is -1.89. The topological polar surface area (TPSA) is 101 Å². The van der Waals surface area contributed by atoms with E-state index in [1.807, 2.05) is 0 Å². The lowest BCUT2D eigenvalue weighted by atomic mass is 10.1. The highest BCUT2D eigenvalue weighted by Gasteiger charge is 2.14. The van der Waals surface area contributed by atoms with Crippen molar-refractivity contribution in [2.45, 2.75) is 13.3 Å². The molecule has 0 aliphatic carbocycles. The zero-order valence-electron chi connectivity index (χ0n) is 10.4. The molecule has 6 nitrogen and oxygen atoms in total. The van der Waals surface area contributed by atoms with E-state index < -0.39 is 27.5 Å². The van der Waals surface area contributed by atoms with Gasteiger partial charge in [-0.15, -0.1) is 0 Å². The molecule has 7 heteroatoms. The SMILES string of the molecule is CCS(=O)(=O)CC(=O)Nc1ccc(CC(=O)O)cc1. The van der Waals surface area contributed by atoms with Crippen LogP contribution in [0.15, 0.2) is 24.3 Å². The maximum absolute atomic E-state index is 11.5. The number of aliphatic carboxylic acids is 1. The maximum atomic E-state index is 11.5. The van der Waals surface area contributed by atoms with Gasteiger partial charge in [0.05, 0.1) is 6.42 Å². The molecule has 0 aliphatic rings. The smallest absolute Gasteiger partial charge is 0.307 e. The molecule has 0 saturated carbocycles. The molecule has 1 aromatic rings. The Bertz CT molecular complexity index is 562. The molecule has 0 unspecified atom stereocenters. The van der Waals surface area contributed by atoms with Gasteiger partial charge < -0.3 is 10.4 Å². The molecule has 2 N–H and O–H groups in total. The van der Waals surface area contributed by atoms with Crippen molar-refractivity contribution in [2.24, 2.45) is 0 Å². The zero-order valence-corrected chi connectivity index (χ0v) is 11.2. The Morgan fingerprint density at radius 3 is 2.26 bits per heavy atom. The lowest BCUT2D eigenvalue weighted by Crippen LogP contribution is -2.23. The highest BCUT2D eigenvalue weighted by atomic mass is 32.2. The van der Waals surface area contributed by atoms with E-state index in [-0.39, 0.29) is 12.2 Å². The van der Waals surface area contributed by atoms with E-state index in [0.717, 1.165) is 0 Å². The zero-order chi connectivity index (χ0) is 14.5. The van der Waals surface area contributed by atoms with Crippen molar-refractivity contribution in [3.05, 3.63) is 29.8 Å². The Morgan fingerprint density at radius 2 is 1.79 bits per heavy atom. The summed E-state index contributed by atoms with van der Waals surface area (Å²) in [5.41, 5.74) is 1.04. The van der Waals surface area contributed by atoms with Gasteiger partial charge in [-0.3, -0.25) is 9.59 Å². The van der Waals surface area contributed by atoms with Crippen molar-refractivity contribution in [1.82, 2.24) is 0 Å². The van der Waals surface area contributed by atoms with E-state index in [2.05, 4.69) is 5.32 Å². The monoisotopic (exact) mass is 285 g/mol. The molecule has 19 heavy (non-hydrogen) atoms. The predicted octanol–water partition coefficient (Wildman–Crippen LogP) is 0.687. The van der Waals surface area contributed by atoms with Gasteiger partial charge >= 0.3 is 5.97 Å². The van der Waals surface area contributed by atoms with Crippen molar-refractivity contribution < 1.29 is 23.1 Å². The summed E-state index contributed by atoms with van der Waals surface area (Å²) in [5.74, 6) is -2.18. The summed E-state index contributed by atoms with van der Waals surface area (Å²) in [6.07, 6.45) is -0.0988. The van der Waals surface area contributed by atoms with Gasteiger partial charge in [0, 0.05) is 11.4 Å². The number of hydrogen-bond donors (Lipinski definition) is 2. The molecule has 0 spiro atoms. The van der Waals surface area contributed by atoms with Gasteiger partial charge in [0.2, 0.25) is 5.91 Å². The second-order valence-electron chi connectivity index (χ2n) is 3.99. The molecule has 1 amide bonds. The number of sulfone groups is 1. The quantitative estimate of drug-likeness (QED) is 0.800. The molecule has 0 atom stereocenters. The molecule has 0 radical (unpaired) electrons. The van der Waals surface area contributed by atoms with Crippen LogP contribution in [0.5, 0.6) is 0 Å². The van der Waals surface area contributed by atoms with Gasteiger partial charge in [-0.25, -0.2) is 8.42 Å². The molecule has 0 bridgehead atoms. The number of carbonyl (C=O) groups excluding carboxylic acids is 1. The second kappa shape index (κ2) is 6.33. The third kappa shape index (κ3) is 5.52. The van der Waals surface area contributed by atoms with E-state index in [1.54, 1.807) is 12.1 Å². The van der Waals surface area contributed by atoms with Gasteiger partial charge in [0.25, 0.3) is 0 Å². The van der Waals surface area contributed by atoms with Gasteiger partial charge in [-0.2, -0.15) is 0 Å². The van der Waals surface area contributed by atoms with Crippen LogP contribution in [0.4, 0.5) is 5.69 Å². The Morgan fingerprint density at radius 1 is 1.21 bits per heavy atom. The Kier molecular flexibility index (Phi) is 5.05. The fourth-order valence-corrected chi connectivity index (χ4v) is 2.06. The number of benzene rings is 1. The largest absolute Gasteiger partial charge is 0.481 e. The van der Waals surface area contributed by atoms with Gasteiger partial charge in [-0.1, -0.05) is 19.1 Å². The molecule has 1 aromatic carbocycles. The van der Waals surface area contributed by atoms with Gasteiger partial charge in [0.15, 0.2) is 9.84 Å². The molecular formula is C12H15NO5S. The number of carboxylic acids is 1. The molecule has 104 valence electrons. The van der Waals surface area contributed by atoms with E-state index in [1.165, 1.54) is 19.1 Å². The van der Waals surface area contributed by atoms with Crippen molar-refractivity contribution in [3.8, 4) is 0 Å². The number of nitrogens with one attached hydrogen (secondary N) is 1. The highest BCUT2D eigenvalue weighted by Crippen LogP contribution is 2.10. The minimum Gasteiger partial charge on any atom is -0.481 e. The van der Waals surface area contributed by atoms with E-state index in [4.69, 9.17) is 5.11 Å². The standard InChI is InChI=1S/C12H15NO5S/c1-2-19(17,18)8-11(14)13-10-5-3-9(4-6-10)7-12(15)16/h3-6H,2,7-8H2,1H3,(H,13,14)(H,15,16). The first-order valence-corrected chi connectivity index (χ1v) is 7.45. The third-order valence-electron chi connectivity index (χ3n) is 2.38. The molecule has 0 heterocycles. The van der Waals surface area contributed by atoms with Crippen molar-refractivity contribution in [3.63, 3.8) is 0 Å². The molecular weight excluding hydrogens is 270 g/mol. The normalized spacial score (nSPS) is 11.0. The Labute approximate surface area is 111 Å². The van der Waals surface area contributed by atoms with Gasteiger partial charge in [0.1, 0.15) is 5.75 Å². The third-order valence-corrected chi connectivity index (χ3v) is 3.97. The van der Waals surface area contributed by atoms with Crippen molar-refractivity contribution in [2.75, 3.05) is 16.8 Å². The predicted molar refractivity (Wildman–Crippen MR) is 70.7 cm³/mol. The molecule has 0 saturated heterocycles. The summed E-state index contributed by atoms with van der Waals surface area (Å²) < 4.78 is 22.5. The first-order valence-electron chi connectivity index (χ1n) is 5.63. The van der Waals surface area contributed by atoms with Crippen LogP contribution in [-0.4, -0.2) is 36.9 Å². The number of anilines is 1. The fourth-order valence-electron chi connectivity index (χ4n) is 1.38. The number of carboxylic acid groups (broad SMARTS) is 1. The van der Waals surface area contributed by atoms with Crippen LogP contribution in [0, 0.1) is 0 Å². The number of amides is 1. The summed E-state index contributed by atoms with van der Waals surface area (Å²) in [5, 5.41) is 11.0. The lowest BCUT2D eigenvalue weighted by Gasteiger charge is -2.06. The summed E-state index contributed by atoms with van der Waals surface area (Å²) in [6.45, 7) is 1.48. The average Bonchev–Trinajstić information content (AvgIpc) is 2.30. The summed E-state index contributed by atoms with van der Waals surface area (Å²) in [4.78, 5) is 21.9. The van der Waals surface area contributed by atoms with Crippen LogP contribution >= 0.6 is 0 Å². The van der Waals surface area contributed by atoms with Crippen LogP contribution < -0.4 is 5.32 Å². The van der Waals surface area contributed by atoms with Crippen LogP contribution in [0.3, 0.4) is 0 Å². The lowest BCUT2D eigenvalue weighted by molar-refractivity contribution is -0.136. The maximum Gasteiger partial charge on any atom is 0.307 e. The van der Waals surface area contributed by atoms with E-state index in [9.17, 15) is 18.0 Å². The number of carbonyl (C=O) groups is 2. The van der Waals surface area contributed by atoms with Crippen molar-refractivity contribution in [1.29, 1.82) is 0 Å². The molecule has 0 aliphatic heterocycles. The van der Waals surface area contributed by atoms with Gasteiger partial charge in [-0.05, 0) is 17.7 Å². The van der Waals surface area contributed by atoms with Crippen LogP contribution in [0.1, 0.15) is 12.5 Å².